The highest BCUT2D eigenvalue weighted by molar-refractivity contribution is 5.45. The molecule has 0 spiro atoms. The predicted octanol–water partition coefficient (Wildman–Crippen LogP) is 1.73. The van der Waals surface area contributed by atoms with Gasteiger partial charge in [-0.2, -0.15) is 5.10 Å². The molecule has 0 aliphatic rings. The molecule has 0 saturated heterocycles. The third-order valence-corrected chi connectivity index (χ3v) is 2.93. The quantitative estimate of drug-likeness (QED) is 0.623. The van der Waals surface area contributed by atoms with Gasteiger partial charge in [-0.25, -0.2) is 15.5 Å². The number of hydrogen-bond acceptors (Lipinski definition) is 4. The number of nitrogens with one attached hydrogen (secondary N) is 1. The average molecular weight is 231 g/mol. The number of pyridine rings is 1. The lowest BCUT2D eigenvalue weighted by atomic mass is 10.1. The van der Waals surface area contributed by atoms with Crippen LogP contribution in [0.2, 0.25) is 0 Å². The first kappa shape index (κ1) is 11.6. The lowest BCUT2D eigenvalue weighted by Crippen LogP contribution is -2.09. The molecule has 2 rings (SSSR count). The Labute approximate surface area is 101 Å². The van der Waals surface area contributed by atoms with Crippen molar-refractivity contribution >= 4 is 5.82 Å². The van der Waals surface area contributed by atoms with E-state index in [2.05, 4.69) is 29.4 Å². The molecule has 2 aromatic rings. The molecule has 2 aromatic heterocycles. The molecule has 5 heteroatoms. The molecule has 0 unspecified atom stereocenters. The maximum atomic E-state index is 5.35. The van der Waals surface area contributed by atoms with E-state index in [1.54, 1.807) is 6.20 Å². The number of nitrogens with two attached hydrogens (primary N) is 1. The van der Waals surface area contributed by atoms with Crippen molar-refractivity contribution < 1.29 is 0 Å². The van der Waals surface area contributed by atoms with Crippen LogP contribution in [0.25, 0.3) is 5.69 Å². The third-order valence-electron chi connectivity index (χ3n) is 2.93. The molecular weight excluding hydrogens is 214 g/mol. The maximum Gasteiger partial charge on any atom is 0.142 e. The third kappa shape index (κ3) is 2.01. The van der Waals surface area contributed by atoms with Crippen LogP contribution in [0.4, 0.5) is 5.82 Å². The van der Waals surface area contributed by atoms with Gasteiger partial charge in [0.1, 0.15) is 5.82 Å². The summed E-state index contributed by atoms with van der Waals surface area (Å²) in [5, 5.41) is 4.55. The van der Waals surface area contributed by atoms with Crippen LogP contribution in [0.3, 0.4) is 0 Å². The van der Waals surface area contributed by atoms with E-state index >= 15 is 0 Å². The van der Waals surface area contributed by atoms with E-state index in [4.69, 9.17) is 5.84 Å². The molecule has 0 atom stereocenters. The first-order valence-electron chi connectivity index (χ1n) is 5.65. The Balaban J connectivity index is 2.52. The molecule has 17 heavy (non-hydrogen) atoms. The van der Waals surface area contributed by atoms with Gasteiger partial charge in [-0.15, -0.1) is 0 Å². The Hall–Kier alpha value is -1.88. The molecule has 0 bridgehead atoms. The number of rotatable bonds is 3. The standard InChI is InChI=1S/C12H17N5/c1-4-11-8(2)16-17(9(11)3)10-5-6-14-12(7-10)15-13/h5-7H,4,13H2,1-3H3,(H,14,15). The zero-order valence-electron chi connectivity index (χ0n) is 10.4. The second-order valence-electron chi connectivity index (χ2n) is 3.96. The average Bonchev–Trinajstić information content (AvgIpc) is 2.64. The molecule has 90 valence electrons. The normalized spacial score (nSPS) is 10.6. The molecule has 0 radical (unpaired) electrons. The number of hydrogen-bond donors (Lipinski definition) is 2. The highest BCUT2D eigenvalue weighted by atomic mass is 15.3. The number of aromatic nitrogens is 3. The minimum atomic E-state index is 0.633. The minimum absolute atomic E-state index is 0.633. The molecule has 0 aromatic carbocycles. The Morgan fingerprint density at radius 2 is 2.18 bits per heavy atom. The predicted molar refractivity (Wildman–Crippen MR) is 68.0 cm³/mol. The summed E-state index contributed by atoms with van der Waals surface area (Å²) in [6.07, 6.45) is 2.71. The summed E-state index contributed by atoms with van der Waals surface area (Å²) in [5.74, 6) is 5.99. The Morgan fingerprint density at radius 1 is 1.41 bits per heavy atom. The summed E-state index contributed by atoms with van der Waals surface area (Å²) >= 11 is 0. The van der Waals surface area contributed by atoms with Gasteiger partial charge in [0.15, 0.2) is 0 Å². The fraction of sp³-hybridized carbons (Fsp3) is 0.333. The number of nitrogens with zero attached hydrogens (tertiary/aromatic N) is 3. The van der Waals surface area contributed by atoms with E-state index in [1.165, 1.54) is 11.3 Å². The van der Waals surface area contributed by atoms with Crippen molar-refractivity contribution in [1.82, 2.24) is 14.8 Å². The molecule has 3 N–H and O–H groups in total. The van der Waals surface area contributed by atoms with Gasteiger partial charge < -0.3 is 5.43 Å². The Morgan fingerprint density at radius 3 is 2.76 bits per heavy atom. The van der Waals surface area contributed by atoms with Crippen LogP contribution in [0.1, 0.15) is 23.9 Å². The Bertz CT molecular complexity index is 530. The summed E-state index contributed by atoms with van der Waals surface area (Å²) in [6, 6.07) is 3.79. The molecule has 2 heterocycles. The maximum absolute atomic E-state index is 5.35. The van der Waals surface area contributed by atoms with E-state index < -0.39 is 0 Å². The first-order valence-corrected chi connectivity index (χ1v) is 5.65. The highest BCUT2D eigenvalue weighted by Crippen LogP contribution is 2.19. The van der Waals surface area contributed by atoms with Crippen molar-refractivity contribution in [2.75, 3.05) is 5.43 Å². The molecule has 0 amide bonds. The molecule has 0 saturated carbocycles. The van der Waals surface area contributed by atoms with Crippen molar-refractivity contribution in [1.29, 1.82) is 0 Å². The van der Waals surface area contributed by atoms with Gasteiger partial charge in [-0.1, -0.05) is 6.92 Å². The fourth-order valence-corrected chi connectivity index (χ4v) is 2.07. The monoisotopic (exact) mass is 231 g/mol. The van der Waals surface area contributed by atoms with Crippen molar-refractivity contribution in [3.63, 3.8) is 0 Å². The van der Waals surface area contributed by atoms with Gasteiger partial charge in [-0.3, -0.25) is 0 Å². The van der Waals surface area contributed by atoms with Crippen LogP contribution in [-0.4, -0.2) is 14.8 Å². The van der Waals surface area contributed by atoms with Crippen molar-refractivity contribution in [2.24, 2.45) is 5.84 Å². The van der Waals surface area contributed by atoms with Crippen LogP contribution in [0, 0.1) is 13.8 Å². The number of anilines is 1. The summed E-state index contributed by atoms with van der Waals surface area (Å²) in [7, 11) is 0. The lowest BCUT2D eigenvalue weighted by molar-refractivity contribution is 0.830. The summed E-state index contributed by atoms with van der Waals surface area (Å²) in [5.41, 5.74) is 7.04. The van der Waals surface area contributed by atoms with E-state index in [0.717, 1.165) is 17.8 Å². The highest BCUT2D eigenvalue weighted by Gasteiger charge is 2.11. The van der Waals surface area contributed by atoms with Crippen LogP contribution in [0.15, 0.2) is 18.3 Å². The summed E-state index contributed by atoms with van der Waals surface area (Å²) < 4.78 is 1.93. The SMILES string of the molecule is CCc1c(C)nn(-c2ccnc(NN)c2)c1C. The van der Waals surface area contributed by atoms with Crippen molar-refractivity contribution in [3.8, 4) is 5.69 Å². The van der Waals surface area contributed by atoms with Gasteiger partial charge in [0, 0.05) is 18.0 Å². The van der Waals surface area contributed by atoms with Gasteiger partial charge >= 0.3 is 0 Å². The fourth-order valence-electron chi connectivity index (χ4n) is 2.07. The van der Waals surface area contributed by atoms with Crippen LogP contribution in [0.5, 0.6) is 0 Å². The second-order valence-corrected chi connectivity index (χ2v) is 3.96. The zero-order valence-corrected chi connectivity index (χ0v) is 10.4. The van der Waals surface area contributed by atoms with Gasteiger partial charge in [0.25, 0.3) is 0 Å². The topological polar surface area (TPSA) is 68.8 Å². The van der Waals surface area contributed by atoms with Crippen molar-refractivity contribution in [2.45, 2.75) is 27.2 Å². The second kappa shape index (κ2) is 4.55. The van der Waals surface area contributed by atoms with Gasteiger partial charge in [-0.05, 0) is 31.9 Å². The van der Waals surface area contributed by atoms with E-state index in [0.29, 0.717) is 5.82 Å². The molecule has 0 aliphatic carbocycles. The van der Waals surface area contributed by atoms with E-state index in [9.17, 15) is 0 Å². The van der Waals surface area contributed by atoms with E-state index in [1.807, 2.05) is 23.7 Å². The van der Waals surface area contributed by atoms with Crippen LogP contribution >= 0.6 is 0 Å². The molecule has 0 fully saturated rings. The number of aryl methyl sites for hydroxylation is 1. The number of hydrazine groups is 1. The van der Waals surface area contributed by atoms with E-state index in [-0.39, 0.29) is 0 Å². The summed E-state index contributed by atoms with van der Waals surface area (Å²) in [6.45, 7) is 6.25. The first-order chi connectivity index (χ1) is 8.17. The van der Waals surface area contributed by atoms with Crippen LogP contribution in [-0.2, 0) is 6.42 Å². The van der Waals surface area contributed by atoms with Gasteiger partial charge in [0.05, 0.1) is 11.4 Å². The smallest absolute Gasteiger partial charge is 0.142 e. The van der Waals surface area contributed by atoms with Gasteiger partial charge in [0.2, 0.25) is 0 Å². The molecule has 0 aliphatic heterocycles. The summed E-state index contributed by atoms with van der Waals surface area (Å²) in [4.78, 5) is 4.09. The minimum Gasteiger partial charge on any atom is -0.308 e. The van der Waals surface area contributed by atoms with Crippen LogP contribution < -0.4 is 11.3 Å². The lowest BCUT2D eigenvalue weighted by Gasteiger charge is -2.06. The largest absolute Gasteiger partial charge is 0.308 e. The molecular formula is C12H17N5. The van der Waals surface area contributed by atoms with Crippen molar-refractivity contribution in [3.05, 3.63) is 35.3 Å². The Kier molecular flexibility index (Phi) is 3.10. The number of nitrogen functional groups attached to an aromatic ring is 1. The zero-order chi connectivity index (χ0) is 12.4. The molecule has 5 nitrogen and oxygen atoms in total.